The van der Waals surface area contributed by atoms with E-state index in [-0.39, 0.29) is 17.9 Å². The van der Waals surface area contributed by atoms with Gasteiger partial charge in [-0.2, -0.15) is 0 Å². The van der Waals surface area contributed by atoms with Gasteiger partial charge in [-0.3, -0.25) is 4.79 Å². The van der Waals surface area contributed by atoms with Gasteiger partial charge < -0.3 is 9.84 Å². The van der Waals surface area contributed by atoms with Crippen molar-refractivity contribution in [3.05, 3.63) is 35.4 Å². The molecule has 0 fully saturated rings. The lowest BCUT2D eigenvalue weighted by Crippen LogP contribution is -2.25. The van der Waals surface area contributed by atoms with E-state index in [1.807, 2.05) is 24.3 Å². The normalized spacial score (nSPS) is 18.8. The lowest BCUT2D eigenvalue weighted by molar-refractivity contribution is -0.136. The molecule has 1 unspecified atom stereocenters. The zero-order valence-corrected chi connectivity index (χ0v) is 11.2. The van der Waals surface area contributed by atoms with Crippen molar-refractivity contribution in [1.82, 2.24) is 0 Å². The first kappa shape index (κ1) is 14.0. The molecule has 1 aliphatic heterocycles. The summed E-state index contributed by atoms with van der Waals surface area (Å²) in [6.07, 6.45) is -0.0674. The summed E-state index contributed by atoms with van der Waals surface area (Å²) in [5.41, 5.74) is 2.00. The number of aliphatic carboxylic acids is 1. The molecular formula is C13H16O5S. The molecule has 19 heavy (non-hydrogen) atoms. The number of hydrogen-bond donors (Lipinski definition) is 1. The van der Waals surface area contributed by atoms with E-state index in [1.165, 1.54) is 0 Å². The summed E-state index contributed by atoms with van der Waals surface area (Å²) in [6.45, 7) is 0.496. The molecule has 0 bridgehead atoms. The van der Waals surface area contributed by atoms with Gasteiger partial charge in [-0.25, -0.2) is 8.42 Å². The summed E-state index contributed by atoms with van der Waals surface area (Å²) in [6, 6.07) is 7.60. The monoisotopic (exact) mass is 284 g/mol. The highest BCUT2D eigenvalue weighted by Gasteiger charge is 2.26. The van der Waals surface area contributed by atoms with E-state index in [1.54, 1.807) is 0 Å². The summed E-state index contributed by atoms with van der Waals surface area (Å²) in [5.74, 6) is -1.60. The average Bonchev–Trinajstić information content (AvgIpc) is 2.37. The zero-order chi connectivity index (χ0) is 13.9. The lowest BCUT2D eigenvalue weighted by Gasteiger charge is -2.25. The maximum Gasteiger partial charge on any atom is 0.304 e. The first-order chi connectivity index (χ1) is 8.98. The van der Waals surface area contributed by atoms with Gasteiger partial charge in [0.1, 0.15) is 0 Å². The van der Waals surface area contributed by atoms with E-state index < -0.39 is 21.9 Å². The van der Waals surface area contributed by atoms with Gasteiger partial charge in [0.2, 0.25) is 0 Å². The summed E-state index contributed by atoms with van der Waals surface area (Å²) in [4.78, 5) is 10.4. The van der Waals surface area contributed by atoms with Crippen molar-refractivity contribution in [2.24, 2.45) is 0 Å². The second-order valence-corrected chi connectivity index (χ2v) is 6.80. The molecule has 0 amide bonds. The van der Waals surface area contributed by atoms with Gasteiger partial charge in [0.15, 0.2) is 9.84 Å². The number of carboxylic acid groups (broad SMARTS) is 1. The molecule has 0 saturated carbocycles. The van der Waals surface area contributed by atoms with Gasteiger partial charge >= 0.3 is 5.97 Å². The molecule has 104 valence electrons. The van der Waals surface area contributed by atoms with Crippen molar-refractivity contribution in [1.29, 1.82) is 0 Å². The molecule has 2 rings (SSSR count). The third kappa shape index (κ3) is 3.78. The Balaban J connectivity index is 2.10. The first-order valence-electron chi connectivity index (χ1n) is 6.09. The van der Waals surface area contributed by atoms with Crippen molar-refractivity contribution in [3.63, 3.8) is 0 Å². The van der Waals surface area contributed by atoms with Crippen molar-refractivity contribution < 1.29 is 23.1 Å². The number of hydrogen-bond acceptors (Lipinski definition) is 4. The number of sulfone groups is 1. The average molecular weight is 284 g/mol. The van der Waals surface area contributed by atoms with Crippen LogP contribution in [0.1, 0.15) is 23.7 Å². The summed E-state index contributed by atoms with van der Waals surface area (Å²) < 4.78 is 29.3. The molecule has 5 nitrogen and oxygen atoms in total. The van der Waals surface area contributed by atoms with Crippen LogP contribution in [0.3, 0.4) is 0 Å². The molecule has 1 N–H and O–H groups in total. The number of benzene rings is 1. The lowest BCUT2D eigenvalue weighted by atomic mass is 9.99. The summed E-state index contributed by atoms with van der Waals surface area (Å²) >= 11 is 0. The standard InChI is InChI=1S/C13H16O5S/c14-13(15)6-8-19(16,17)9-12-11-4-2-1-3-10(11)5-7-18-12/h1-4,12H,5-9H2,(H,14,15). The van der Waals surface area contributed by atoms with Gasteiger partial charge in [-0.05, 0) is 17.5 Å². The van der Waals surface area contributed by atoms with E-state index in [0.717, 1.165) is 17.5 Å². The Labute approximate surface area is 112 Å². The molecular weight excluding hydrogens is 268 g/mol. The fourth-order valence-corrected chi connectivity index (χ4v) is 3.56. The smallest absolute Gasteiger partial charge is 0.304 e. The fourth-order valence-electron chi connectivity index (χ4n) is 2.17. The van der Waals surface area contributed by atoms with Crippen LogP contribution in [0.4, 0.5) is 0 Å². The molecule has 0 saturated heterocycles. The van der Waals surface area contributed by atoms with Crippen LogP contribution in [-0.4, -0.2) is 37.6 Å². The van der Waals surface area contributed by atoms with Crippen LogP contribution >= 0.6 is 0 Å². The van der Waals surface area contributed by atoms with E-state index in [0.29, 0.717) is 6.61 Å². The Morgan fingerprint density at radius 1 is 1.37 bits per heavy atom. The van der Waals surface area contributed by atoms with E-state index in [4.69, 9.17) is 9.84 Å². The molecule has 1 atom stereocenters. The largest absolute Gasteiger partial charge is 0.481 e. The molecule has 0 aliphatic carbocycles. The van der Waals surface area contributed by atoms with Crippen LogP contribution < -0.4 is 0 Å². The van der Waals surface area contributed by atoms with Gasteiger partial charge in [0.05, 0.1) is 30.6 Å². The van der Waals surface area contributed by atoms with Crippen molar-refractivity contribution in [2.45, 2.75) is 18.9 Å². The maximum absolute atomic E-state index is 11.9. The van der Waals surface area contributed by atoms with E-state index in [9.17, 15) is 13.2 Å². The molecule has 1 aromatic rings. The van der Waals surface area contributed by atoms with E-state index >= 15 is 0 Å². The predicted molar refractivity (Wildman–Crippen MR) is 69.7 cm³/mol. The minimum absolute atomic E-state index is 0.155. The van der Waals surface area contributed by atoms with Crippen LogP contribution in [-0.2, 0) is 25.8 Å². The second kappa shape index (κ2) is 5.71. The van der Waals surface area contributed by atoms with Crippen LogP contribution in [0.25, 0.3) is 0 Å². The summed E-state index contributed by atoms with van der Waals surface area (Å²) in [5, 5.41) is 8.54. The van der Waals surface area contributed by atoms with Gasteiger partial charge in [0, 0.05) is 0 Å². The van der Waals surface area contributed by atoms with Crippen molar-refractivity contribution >= 4 is 15.8 Å². The van der Waals surface area contributed by atoms with Crippen LogP contribution in [0.5, 0.6) is 0 Å². The van der Waals surface area contributed by atoms with Gasteiger partial charge in [-0.1, -0.05) is 24.3 Å². The number of carboxylic acids is 1. The number of rotatable bonds is 5. The quantitative estimate of drug-likeness (QED) is 0.878. The second-order valence-electron chi connectivity index (χ2n) is 4.57. The third-order valence-electron chi connectivity index (χ3n) is 3.12. The highest BCUT2D eigenvalue weighted by atomic mass is 32.2. The predicted octanol–water partition coefficient (Wildman–Crippen LogP) is 1.19. The molecule has 6 heteroatoms. The molecule has 0 radical (unpaired) electrons. The topological polar surface area (TPSA) is 80.7 Å². The fraction of sp³-hybridized carbons (Fsp3) is 0.462. The molecule has 1 aromatic carbocycles. The number of carbonyl (C=O) groups is 1. The van der Waals surface area contributed by atoms with Crippen LogP contribution in [0.15, 0.2) is 24.3 Å². The van der Waals surface area contributed by atoms with Crippen LogP contribution in [0.2, 0.25) is 0 Å². The van der Waals surface area contributed by atoms with Gasteiger partial charge in [0.25, 0.3) is 0 Å². The minimum Gasteiger partial charge on any atom is -0.481 e. The molecule has 1 heterocycles. The Hall–Kier alpha value is -1.40. The maximum atomic E-state index is 11.9. The van der Waals surface area contributed by atoms with Crippen molar-refractivity contribution in [2.75, 3.05) is 18.1 Å². The van der Waals surface area contributed by atoms with E-state index in [2.05, 4.69) is 0 Å². The Bertz CT molecular complexity index is 564. The Kier molecular flexibility index (Phi) is 4.21. The Morgan fingerprint density at radius 3 is 2.84 bits per heavy atom. The number of ether oxygens (including phenoxy) is 1. The van der Waals surface area contributed by atoms with Gasteiger partial charge in [-0.15, -0.1) is 0 Å². The van der Waals surface area contributed by atoms with Crippen LogP contribution in [0, 0.1) is 0 Å². The number of fused-ring (bicyclic) bond motifs is 1. The third-order valence-corrected chi connectivity index (χ3v) is 4.76. The molecule has 0 spiro atoms. The van der Waals surface area contributed by atoms with Crippen molar-refractivity contribution in [3.8, 4) is 0 Å². The highest BCUT2D eigenvalue weighted by Crippen LogP contribution is 2.28. The Morgan fingerprint density at radius 2 is 2.11 bits per heavy atom. The summed E-state index contributed by atoms with van der Waals surface area (Å²) in [7, 11) is -3.42. The zero-order valence-electron chi connectivity index (χ0n) is 10.4. The minimum atomic E-state index is -3.42. The highest BCUT2D eigenvalue weighted by molar-refractivity contribution is 7.91. The first-order valence-corrected chi connectivity index (χ1v) is 7.92. The molecule has 1 aliphatic rings. The molecule has 0 aromatic heterocycles. The SMILES string of the molecule is O=C(O)CCS(=O)(=O)CC1OCCc2ccccc21.